The molecule has 0 saturated carbocycles. The molecule has 0 aliphatic rings. The number of carbonyl (C=O) groups excluding carboxylic acids is 1. The van der Waals surface area contributed by atoms with Crippen LogP contribution < -0.4 is 15.5 Å². The molecule has 0 heterocycles. The first kappa shape index (κ1) is 18.0. The van der Waals surface area contributed by atoms with Crippen LogP contribution in [-0.2, 0) is 4.79 Å². The van der Waals surface area contributed by atoms with E-state index in [4.69, 9.17) is 4.74 Å². The molecule has 0 aromatic heterocycles. The van der Waals surface area contributed by atoms with Gasteiger partial charge in [-0.3, -0.25) is 4.79 Å². The first-order chi connectivity index (χ1) is 11.5. The lowest BCUT2D eigenvalue weighted by Crippen LogP contribution is -2.35. The Kier molecular flexibility index (Phi) is 6.37. The van der Waals surface area contributed by atoms with Gasteiger partial charge in [-0.2, -0.15) is 5.10 Å². The molecule has 0 unspecified atom stereocenters. The average Bonchev–Trinajstić information content (AvgIpc) is 2.61. The molecule has 2 N–H and O–H groups in total. The van der Waals surface area contributed by atoms with Crippen LogP contribution in [0.2, 0.25) is 0 Å². The highest BCUT2D eigenvalue weighted by molar-refractivity contribution is 9.10. The second-order valence-corrected chi connectivity index (χ2v) is 6.19. The summed E-state index contributed by atoms with van der Waals surface area (Å²) in [5.74, 6) is 0.577. The lowest BCUT2D eigenvalue weighted by Gasteiger charge is -2.14. The summed E-state index contributed by atoms with van der Waals surface area (Å²) in [5, 5.41) is 7.28. The van der Waals surface area contributed by atoms with Crippen LogP contribution in [0.25, 0.3) is 0 Å². The van der Waals surface area contributed by atoms with Crippen LogP contribution >= 0.6 is 15.9 Å². The Morgan fingerprint density at radius 1 is 1.12 bits per heavy atom. The van der Waals surface area contributed by atoms with E-state index < -0.39 is 6.04 Å². The Morgan fingerprint density at radius 2 is 1.75 bits per heavy atom. The van der Waals surface area contributed by atoms with Crippen molar-refractivity contribution in [2.24, 2.45) is 5.10 Å². The van der Waals surface area contributed by atoms with Gasteiger partial charge in [-0.1, -0.05) is 15.9 Å². The molecular formula is C18H20BrN3O2. The van der Waals surface area contributed by atoms with Gasteiger partial charge < -0.3 is 10.1 Å². The molecule has 0 aliphatic carbocycles. The molecule has 1 amide bonds. The third-order valence-corrected chi connectivity index (χ3v) is 3.99. The van der Waals surface area contributed by atoms with Crippen molar-refractivity contribution in [2.75, 3.05) is 12.4 Å². The number of nitrogens with one attached hydrogen (secondary N) is 2. The SMILES string of the molecule is COc1ccc(C(C)=NNC(=O)[C@@H](C)Nc2ccc(Br)cc2)cc1. The number of anilines is 1. The first-order valence-electron chi connectivity index (χ1n) is 7.50. The van der Waals surface area contributed by atoms with E-state index in [9.17, 15) is 4.79 Å². The van der Waals surface area contributed by atoms with Crippen LogP contribution in [-0.4, -0.2) is 24.8 Å². The molecule has 0 fully saturated rings. The standard InChI is InChI=1S/C18H20BrN3O2/c1-12(14-4-10-17(24-3)11-5-14)21-22-18(23)13(2)20-16-8-6-15(19)7-9-16/h4-11,13,20H,1-3H3,(H,22,23)/t13-/m1/s1. The molecule has 2 rings (SSSR count). The number of methoxy groups -OCH3 is 1. The zero-order valence-corrected chi connectivity index (χ0v) is 15.4. The molecule has 2 aromatic carbocycles. The van der Waals surface area contributed by atoms with Crippen molar-refractivity contribution in [3.05, 3.63) is 58.6 Å². The van der Waals surface area contributed by atoms with E-state index in [0.29, 0.717) is 0 Å². The van der Waals surface area contributed by atoms with Crippen molar-refractivity contribution in [2.45, 2.75) is 19.9 Å². The van der Waals surface area contributed by atoms with E-state index in [1.54, 1.807) is 14.0 Å². The van der Waals surface area contributed by atoms with Crippen molar-refractivity contribution < 1.29 is 9.53 Å². The number of hydrogen-bond acceptors (Lipinski definition) is 4. The number of nitrogens with zero attached hydrogens (tertiary/aromatic N) is 1. The fraction of sp³-hybridized carbons (Fsp3) is 0.222. The normalized spacial score (nSPS) is 12.4. The number of amides is 1. The predicted octanol–water partition coefficient (Wildman–Crippen LogP) is 3.80. The third kappa shape index (κ3) is 5.09. The van der Waals surface area contributed by atoms with Gasteiger partial charge in [-0.15, -0.1) is 0 Å². The fourth-order valence-electron chi connectivity index (χ4n) is 1.99. The van der Waals surface area contributed by atoms with Gasteiger partial charge >= 0.3 is 0 Å². The molecule has 24 heavy (non-hydrogen) atoms. The van der Waals surface area contributed by atoms with Crippen LogP contribution in [0, 0.1) is 0 Å². The van der Waals surface area contributed by atoms with E-state index in [0.717, 1.165) is 27.2 Å². The first-order valence-corrected chi connectivity index (χ1v) is 8.29. The van der Waals surface area contributed by atoms with E-state index in [-0.39, 0.29) is 5.91 Å². The molecule has 0 bridgehead atoms. The summed E-state index contributed by atoms with van der Waals surface area (Å²) in [7, 11) is 1.62. The number of halogens is 1. The number of hydrazone groups is 1. The predicted molar refractivity (Wildman–Crippen MR) is 101 cm³/mol. The minimum Gasteiger partial charge on any atom is -0.497 e. The lowest BCUT2D eigenvalue weighted by molar-refractivity contribution is -0.121. The lowest BCUT2D eigenvalue weighted by atomic mass is 10.1. The second-order valence-electron chi connectivity index (χ2n) is 5.27. The van der Waals surface area contributed by atoms with Crippen molar-refractivity contribution in [1.82, 2.24) is 5.43 Å². The molecule has 0 spiro atoms. The number of benzene rings is 2. The van der Waals surface area contributed by atoms with Crippen molar-refractivity contribution >= 4 is 33.2 Å². The molecule has 6 heteroatoms. The fourth-order valence-corrected chi connectivity index (χ4v) is 2.26. The monoisotopic (exact) mass is 389 g/mol. The zero-order chi connectivity index (χ0) is 17.5. The zero-order valence-electron chi connectivity index (χ0n) is 13.8. The van der Waals surface area contributed by atoms with E-state index in [2.05, 4.69) is 31.8 Å². The second kappa shape index (κ2) is 8.49. The van der Waals surface area contributed by atoms with Gasteiger partial charge in [0.1, 0.15) is 11.8 Å². The molecule has 126 valence electrons. The average molecular weight is 390 g/mol. The highest BCUT2D eigenvalue weighted by Gasteiger charge is 2.12. The van der Waals surface area contributed by atoms with Gasteiger partial charge in [-0.25, -0.2) is 5.43 Å². The van der Waals surface area contributed by atoms with Gasteiger partial charge in [0.25, 0.3) is 5.91 Å². The number of ether oxygens (including phenoxy) is 1. The molecule has 0 saturated heterocycles. The Balaban J connectivity index is 1.93. The molecule has 1 atom stereocenters. The van der Waals surface area contributed by atoms with Crippen LogP contribution in [0.1, 0.15) is 19.4 Å². The summed E-state index contributed by atoms with van der Waals surface area (Å²) in [6.45, 7) is 3.63. The topological polar surface area (TPSA) is 62.7 Å². The largest absolute Gasteiger partial charge is 0.497 e. The van der Waals surface area contributed by atoms with Crippen molar-refractivity contribution in [3.63, 3.8) is 0 Å². The summed E-state index contributed by atoms with van der Waals surface area (Å²) in [4.78, 5) is 12.1. The van der Waals surface area contributed by atoms with Crippen LogP contribution in [0.3, 0.4) is 0 Å². The van der Waals surface area contributed by atoms with Gasteiger partial charge in [0.2, 0.25) is 0 Å². The highest BCUT2D eigenvalue weighted by Crippen LogP contribution is 2.15. The maximum absolute atomic E-state index is 12.1. The van der Waals surface area contributed by atoms with Crippen molar-refractivity contribution in [3.8, 4) is 5.75 Å². The van der Waals surface area contributed by atoms with E-state index in [1.807, 2.05) is 55.5 Å². The minimum atomic E-state index is -0.404. The van der Waals surface area contributed by atoms with E-state index >= 15 is 0 Å². The molecule has 2 aromatic rings. The minimum absolute atomic E-state index is 0.203. The van der Waals surface area contributed by atoms with Gasteiger partial charge in [-0.05, 0) is 67.9 Å². The summed E-state index contributed by atoms with van der Waals surface area (Å²) < 4.78 is 6.11. The van der Waals surface area contributed by atoms with Gasteiger partial charge in [0.05, 0.1) is 12.8 Å². The molecule has 5 nitrogen and oxygen atoms in total. The molecular weight excluding hydrogens is 370 g/mol. The third-order valence-electron chi connectivity index (χ3n) is 3.46. The summed E-state index contributed by atoms with van der Waals surface area (Å²) in [6, 6.07) is 14.7. The smallest absolute Gasteiger partial charge is 0.262 e. The Morgan fingerprint density at radius 3 is 2.33 bits per heavy atom. The van der Waals surface area contributed by atoms with Crippen LogP contribution in [0.4, 0.5) is 5.69 Å². The quantitative estimate of drug-likeness (QED) is 0.583. The maximum atomic E-state index is 12.1. The Hall–Kier alpha value is -2.34. The Bertz CT molecular complexity index is 712. The van der Waals surface area contributed by atoms with Gasteiger partial charge in [0, 0.05) is 10.2 Å². The number of carbonyl (C=O) groups is 1. The molecule has 0 radical (unpaired) electrons. The molecule has 0 aliphatic heterocycles. The summed E-state index contributed by atoms with van der Waals surface area (Å²) in [5.41, 5.74) is 5.10. The highest BCUT2D eigenvalue weighted by atomic mass is 79.9. The van der Waals surface area contributed by atoms with Crippen LogP contribution in [0.15, 0.2) is 58.1 Å². The van der Waals surface area contributed by atoms with Crippen LogP contribution in [0.5, 0.6) is 5.75 Å². The maximum Gasteiger partial charge on any atom is 0.262 e. The number of hydrogen-bond donors (Lipinski definition) is 2. The van der Waals surface area contributed by atoms with E-state index in [1.165, 1.54) is 0 Å². The number of rotatable bonds is 6. The van der Waals surface area contributed by atoms with Gasteiger partial charge in [0.15, 0.2) is 0 Å². The summed E-state index contributed by atoms with van der Waals surface area (Å²) in [6.07, 6.45) is 0. The summed E-state index contributed by atoms with van der Waals surface area (Å²) >= 11 is 3.38. The Labute approximate surface area is 150 Å². The van der Waals surface area contributed by atoms with Crippen molar-refractivity contribution in [1.29, 1.82) is 0 Å².